The highest BCUT2D eigenvalue weighted by Crippen LogP contribution is 2.25. The van der Waals surface area contributed by atoms with Crippen LogP contribution in [0.2, 0.25) is 0 Å². The van der Waals surface area contributed by atoms with Crippen molar-refractivity contribution in [3.8, 4) is 0 Å². The Labute approximate surface area is 94.2 Å². The molecule has 2 rings (SSSR count). The topological polar surface area (TPSA) is 67.0 Å². The fourth-order valence-corrected chi connectivity index (χ4v) is 2.01. The van der Waals surface area contributed by atoms with E-state index < -0.39 is 0 Å². The number of ether oxygens (including phenoxy) is 1. The molecule has 0 radical (unpaired) electrons. The van der Waals surface area contributed by atoms with Crippen LogP contribution in [0.1, 0.15) is 26.7 Å². The SMILES string of the molecule is CC1(C)CC(Nc2cc(=O)[nH]cn2)CCO1. The maximum absolute atomic E-state index is 11.1. The van der Waals surface area contributed by atoms with E-state index in [1.807, 2.05) is 0 Å². The summed E-state index contributed by atoms with van der Waals surface area (Å²) in [5.74, 6) is 0.631. The van der Waals surface area contributed by atoms with E-state index in [9.17, 15) is 4.79 Å². The molecule has 0 aromatic carbocycles. The molecule has 1 unspecified atom stereocenters. The summed E-state index contributed by atoms with van der Waals surface area (Å²) in [5.41, 5.74) is -0.235. The second kappa shape index (κ2) is 4.25. The van der Waals surface area contributed by atoms with Crippen LogP contribution >= 0.6 is 0 Å². The molecule has 0 bridgehead atoms. The highest BCUT2D eigenvalue weighted by molar-refractivity contribution is 5.33. The molecule has 1 aliphatic rings. The van der Waals surface area contributed by atoms with E-state index >= 15 is 0 Å². The van der Waals surface area contributed by atoms with Gasteiger partial charge in [0.05, 0.1) is 11.9 Å². The van der Waals surface area contributed by atoms with Crippen molar-refractivity contribution in [3.63, 3.8) is 0 Å². The molecule has 2 N–H and O–H groups in total. The van der Waals surface area contributed by atoms with Gasteiger partial charge >= 0.3 is 0 Å². The van der Waals surface area contributed by atoms with Gasteiger partial charge in [-0.15, -0.1) is 0 Å². The molecule has 1 aromatic rings. The first-order valence-corrected chi connectivity index (χ1v) is 5.50. The normalized spacial score (nSPS) is 24.0. The Hall–Kier alpha value is -1.36. The third-order valence-electron chi connectivity index (χ3n) is 2.73. The summed E-state index contributed by atoms with van der Waals surface area (Å²) in [7, 11) is 0. The largest absolute Gasteiger partial charge is 0.375 e. The first kappa shape index (κ1) is 11.1. The Bertz CT molecular complexity index is 414. The molecule has 1 saturated heterocycles. The first-order chi connectivity index (χ1) is 7.55. The van der Waals surface area contributed by atoms with Crippen LogP contribution in [0.25, 0.3) is 0 Å². The van der Waals surface area contributed by atoms with Gasteiger partial charge in [0, 0.05) is 18.7 Å². The van der Waals surface area contributed by atoms with Crippen molar-refractivity contribution in [1.29, 1.82) is 0 Å². The van der Waals surface area contributed by atoms with Crippen LogP contribution in [0.4, 0.5) is 5.82 Å². The standard InChI is InChI=1S/C11H17N3O2/c1-11(2)6-8(3-4-16-11)14-9-5-10(15)13-7-12-9/h5,7-8H,3-4,6H2,1-2H3,(H2,12,13,14,15). The predicted molar refractivity (Wildman–Crippen MR) is 61.5 cm³/mol. The van der Waals surface area contributed by atoms with Crippen molar-refractivity contribution in [2.45, 2.75) is 38.3 Å². The third-order valence-corrected chi connectivity index (χ3v) is 2.73. The molecule has 1 aromatic heterocycles. The second-order valence-electron chi connectivity index (χ2n) is 4.74. The zero-order valence-electron chi connectivity index (χ0n) is 9.62. The van der Waals surface area contributed by atoms with Crippen LogP contribution in [0.5, 0.6) is 0 Å². The number of anilines is 1. The summed E-state index contributed by atoms with van der Waals surface area (Å²) >= 11 is 0. The number of nitrogens with zero attached hydrogens (tertiary/aromatic N) is 1. The maximum atomic E-state index is 11.1. The van der Waals surface area contributed by atoms with Crippen LogP contribution in [0.3, 0.4) is 0 Å². The summed E-state index contributed by atoms with van der Waals surface area (Å²) in [6.07, 6.45) is 3.27. The predicted octanol–water partition coefficient (Wildman–Crippen LogP) is 1.14. The summed E-state index contributed by atoms with van der Waals surface area (Å²) in [6.45, 7) is 4.89. The fourth-order valence-electron chi connectivity index (χ4n) is 2.01. The van der Waals surface area contributed by atoms with Gasteiger partial charge < -0.3 is 15.0 Å². The second-order valence-corrected chi connectivity index (χ2v) is 4.74. The Morgan fingerprint density at radius 1 is 1.62 bits per heavy atom. The first-order valence-electron chi connectivity index (χ1n) is 5.50. The van der Waals surface area contributed by atoms with Gasteiger partial charge in [-0.05, 0) is 26.7 Å². The summed E-state index contributed by atoms with van der Waals surface area (Å²) in [5, 5.41) is 3.27. The molecule has 5 nitrogen and oxygen atoms in total. The van der Waals surface area contributed by atoms with E-state index in [0.29, 0.717) is 11.9 Å². The number of H-pyrrole nitrogens is 1. The molecule has 0 aliphatic carbocycles. The van der Waals surface area contributed by atoms with Crippen molar-refractivity contribution >= 4 is 5.82 Å². The number of nitrogens with one attached hydrogen (secondary N) is 2. The lowest BCUT2D eigenvalue weighted by Gasteiger charge is -2.35. The molecule has 1 fully saturated rings. The van der Waals surface area contributed by atoms with Crippen LogP contribution in [-0.2, 0) is 4.74 Å². The van der Waals surface area contributed by atoms with Gasteiger partial charge in [0.15, 0.2) is 0 Å². The Morgan fingerprint density at radius 3 is 3.12 bits per heavy atom. The number of hydrogen-bond acceptors (Lipinski definition) is 4. The quantitative estimate of drug-likeness (QED) is 0.789. The molecule has 0 amide bonds. The summed E-state index contributed by atoms with van der Waals surface area (Å²) in [6, 6.07) is 1.79. The molecule has 2 heterocycles. The lowest BCUT2D eigenvalue weighted by molar-refractivity contribution is -0.0553. The molecular formula is C11H17N3O2. The lowest BCUT2D eigenvalue weighted by Crippen LogP contribution is -2.40. The molecule has 16 heavy (non-hydrogen) atoms. The van der Waals surface area contributed by atoms with Gasteiger partial charge in [-0.1, -0.05) is 0 Å². The van der Waals surface area contributed by atoms with Crippen LogP contribution < -0.4 is 10.9 Å². The molecule has 0 saturated carbocycles. The van der Waals surface area contributed by atoms with Gasteiger partial charge in [-0.2, -0.15) is 0 Å². The van der Waals surface area contributed by atoms with Gasteiger partial charge in [0.1, 0.15) is 5.82 Å². The zero-order valence-corrected chi connectivity index (χ0v) is 9.62. The Kier molecular flexibility index (Phi) is 2.96. The lowest BCUT2D eigenvalue weighted by atomic mass is 9.94. The molecule has 5 heteroatoms. The number of hydrogen-bond donors (Lipinski definition) is 2. The van der Waals surface area contributed by atoms with E-state index in [2.05, 4.69) is 29.1 Å². The van der Waals surface area contributed by atoms with Crippen molar-refractivity contribution in [3.05, 3.63) is 22.7 Å². The minimum atomic E-state index is -0.135. The number of aromatic nitrogens is 2. The van der Waals surface area contributed by atoms with Crippen LogP contribution in [0, 0.1) is 0 Å². The third kappa shape index (κ3) is 2.82. The van der Waals surface area contributed by atoms with Crippen molar-refractivity contribution in [1.82, 2.24) is 9.97 Å². The molecule has 88 valence electrons. The van der Waals surface area contributed by atoms with Gasteiger partial charge in [0.2, 0.25) is 0 Å². The van der Waals surface area contributed by atoms with E-state index in [4.69, 9.17) is 4.74 Å². The minimum Gasteiger partial charge on any atom is -0.375 e. The van der Waals surface area contributed by atoms with Crippen molar-refractivity contribution < 1.29 is 4.74 Å². The number of rotatable bonds is 2. The summed E-state index contributed by atoms with van der Waals surface area (Å²) in [4.78, 5) is 17.7. The molecular weight excluding hydrogens is 206 g/mol. The van der Waals surface area contributed by atoms with Crippen molar-refractivity contribution in [2.75, 3.05) is 11.9 Å². The average molecular weight is 223 g/mol. The fraction of sp³-hybridized carbons (Fsp3) is 0.636. The van der Waals surface area contributed by atoms with Gasteiger partial charge in [-0.3, -0.25) is 4.79 Å². The van der Waals surface area contributed by atoms with Crippen molar-refractivity contribution in [2.24, 2.45) is 0 Å². The van der Waals surface area contributed by atoms with Gasteiger partial charge in [0.25, 0.3) is 5.56 Å². The van der Waals surface area contributed by atoms with E-state index in [1.54, 1.807) is 0 Å². The highest BCUT2D eigenvalue weighted by atomic mass is 16.5. The molecule has 1 atom stereocenters. The zero-order chi connectivity index (χ0) is 11.6. The minimum absolute atomic E-state index is 0.100. The maximum Gasteiger partial charge on any atom is 0.252 e. The monoisotopic (exact) mass is 223 g/mol. The smallest absolute Gasteiger partial charge is 0.252 e. The average Bonchev–Trinajstić information content (AvgIpc) is 2.15. The van der Waals surface area contributed by atoms with Gasteiger partial charge in [-0.25, -0.2) is 4.98 Å². The molecule has 1 aliphatic heterocycles. The van der Waals surface area contributed by atoms with E-state index in [0.717, 1.165) is 19.4 Å². The van der Waals surface area contributed by atoms with Crippen LogP contribution in [-0.4, -0.2) is 28.2 Å². The Morgan fingerprint density at radius 2 is 2.44 bits per heavy atom. The summed E-state index contributed by atoms with van der Waals surface area (Å²) < 4.78 is 5.63. The van der Waals surface area contributed by atoms with Crippen LogP contribution in [0.15, 0.2) is 17.2 Å². The van der Waals surface area contributed by atoms with E-state index in [1.165, 1.54) is 12.4 Å². The Balaban J connectivity index is 2.02. The van der Waals surface area contributed by atoms with E-state index in [-0.39, 0.29) is 11.2 Å². The molecule has 0 spiro atoms. The highest BCUT2D eigenvalue weighted by Gasteiger charge is 2.28. The number of aromatic amines is 1.